The van der Waals surface area contributed by atoms with E-state index in [1.807, 2.05) is 6.20 Å². The third kappa shape index (κ3) is 3.45. The van der Waals surface area contributed by atoms with Crippen molar-refractivity contribution in [2.24, 2.45) is 0 Å². The van der Waals surface area contributed by atoms with Gasteiger partial charge in [0.15, 0.2) is 0 Å². The second kappa shape index (κ2) is 6.48. The Hall–Kier alpha value is -1.23. The molecular weight excluding hydrogens is 314 g/mol. The molecule has 2 heterocycles. The molecule has 0 amide bonds. The van der Waals surface area contributed by atoms with Crippen LogP contribution in [0.3, 0.4) is 0 Å². The molecule has 0 aliphatic carbocycles. The van der Waals surface area contributed by atoms with Crippen LogP contribution >= 0.6 is 15.9 Å². The molecule has 4 heteroatoms. The van der Waals surface area contributed by atoms with Crippen molar-refractivity contribution in [3.05, 3.63) is 64.4 Å². The van der Waals surface area contributed by atoms with Gasteiger partial charge in [-0.3, -0.25) is 9.88 Å². The van der Waals surface area contributed by atoms with Crippen LogP contribution in [-0.2, 0) is 6.54 Å². The number of aromatic nitrogens is 1. The highest BCUT2D eigenvalue weighted by Crippen LogP contribution is 2.18. The molecule has 1 aliphatic heterocycles. The SMILES string of the molecule is Brc1ccc(CN2CCNC(c3ccccc3)C2)nc1. The van der Waals surface area contributed by atoms with Gasteiger partial charge in [0.05, 0.1) is 5.69 Å². The van der Waals surface area contributed by atoms with Gasteiger partial charge in [-0.05, 0) is 33.6 Å². The Morgan fingerprint density at radius 2 is 2.05 bits per heavy atom. The maximum Gasteiger partial charge on any atom is 0.0544 e. The van der Waals surface area contributed by atoms with Crippen LogP contribution in [0.25, 0.3) is 0 Å². The predicted molar refractivity (Wildman–Crippen MR) is 84.4 cm³/mol. The van der Waals surface area contributed by atoms with Gasteiger partial charge in [-0.1, -0.05) is 30.3 Å². The van der Waals surface area contributed by atoms with E-state index in [-0.39, 0.29) is 0 Å². The normalized spacial score (nSPS) is 19.9. The smallest absolute Gasteiger partial charge is 0.0544 e. The molecule has 1 fully saturated rings. The maximum atomic E-state index is 4.46. The Morgan fingerprint density at radius 1 is 1.20 bits per heavy atom. The lowest BCUT2D eigenvalue weighted by atomic mass is 10.0. The van der Waals surface area contributed by atoms with Gasteiger partial charge < -0.3 is 5.32 Å². The number of halogens is 1. The molecule has 2 aromatic rings. The van der Waals surface area contributed by atoms with Crippen molar-refractivity contribution in [3.63, 3.8) is 0 Å². The largest absolute Gasteiger partial charge is 0.308 e. The summed E-state index contributed by atoms with van der Waals surface area (Å²) < 4.78 is 1.03. The summed E-state index contributed by atoms with van der Waals surface area (Å²) in [4.78, 5) is 6.92. The van der Waals surface area contributed by atoms with Crippen LogP contribution in [0, 0.1) is 0 Å². The fourth-order valence-electron chi connectivity index (χ4n) is 2.59. The maximum absolute atomic E-state index is 4.46. The topological polar surface area (TPSA) is 28.2 Å². The average molecular weight is 332 g/mol. The van der Waals surface area contributed by atoms with Crippen molar-refractivity contribution >= 4 is 15.9 Å². The zero-order chi connectivity index (χ0) is 13.8. The van der Waals surface area contributed by atoms with Gasteiger partial charge in [0, 0.05) is 42.9 Å². The van der Waals surface area contributed by atoms with Gasteiger partial charge in [-0.25, -0.2) is 0 Å². The first-order valence-corrected chi connectivity index (χ1v) is 7.72. The van der Waals surface area contributed by atoms with Gasteiger partial charge in [-0.2, -0.15) is 0 Å². The van der Waals surface area contributed by atoms with Crippen LogP contribution in [0.2, 0.25) is 0 Å². The van der Waals surface area contributed by atoms with Crippen molar-refractivity contribution in [2.75, 3.05) is 19.6 Å². The van der Waals surface area contributed by atoms with E-state index >= 15 is 0 Å². The first kappa shape index (κ1) is 13.7. The number of hydrogen-bond donors (Lipinski definition) is 1. The summed E-state index contributed by atoms with van der Waals surface area (Å²) >= 11 is 3.42. The van der Waals surface area contributed by atoms with Crippen LogP contribution < -0.4 is 5.32 Å². The third-order valence-electron chi connectivity index (χ3n) is 3.64. The molecule has 1 aliphatic rings. The van der Waals surface area contributed by atoms with Gasteiger partial charge in [-0.15, -0.1) is 0 Å². The molecule has 104 valence electrons. The van der Waals surface area contributed by atoms with Crippen molar-refractivity contribution in [2.45, 2.75) is 12.6 Å². The molecule has 1 atom stereocenters. The Labute approximate surface area is 128 Å². The molecule has 3 rings (SSSR count). The van der Waals surface area contributed by atoms with Gasteiger partial charge in [0.25, 0.3) is 0 Å². The lowest BCUT2D eigenvalue weighted by Gasteiger charge is -2.33. The minimum absolute atomic E-state index is 0.417. The van der Waals surface area contributed by atoms with E-state index in [1.165, 1.54) is 5.56 Å². The number of piperazine rings is 1. The van der Waals surface area contributed by atoms with Crippen LogP contribution in [0.5, 0.6) is 0 Å². The van der Waals surface area contributed by atoms with E-state index in [0.717, 1.165) is 36.3 Å². The zero-order valence-electron chi connectivity index (χ0n) is 11.3. The lowest BCUT2D eigenvalue weighted by Crippen LogP contribution is -2.45. The fourth-order valence-corrected chi connectivity index (χ4v) is 2.83. The molecule has 1 N–H and O–H groups in total. The molecule has 0 saturated carbocycles. The van der Waals surface area contributed by atoms with Gasteiger partial charge in [0.2, 0.25) is 0 Å². The Kier molecular flexibility index (Phi) is 4.45. The van der Waals surface area contributed by atoms with E-state index < -0.39 is 0 Å². The molecule has 1 saturated heterocycles. The summed E-state index contributed by atoms with van der Waals surface area (Å²) in [6.07, 6.45) is 1.87. The van der Waals surface area contributed by atoms with Crippen molar-refractivity contribution in [1.29, 1.82) is 0 Å². The molecule has 20 heavy (non-hydrogen) atoms. The van der Waals surface area contributed by atoms with E-state index in [1.54, 1.807) is 0 Å². The molecule has 1 aromatic carbocycles. The molecule has 3 nitrogen and oxygen atoms in total. The molecule has 0 radical (unpaired) electrons. The molecule has 0 bridgehead atoms. The molecular formula is C16H18BrN3. The van der Waals surface area contributed by atoms with E-state index in [0.29, 0.717) is 6.04 Å². The minimum Gasteiger partial charge on any atom is -0.308 e. The number of nitrogens with one attached hydrogen (secondary N) is 1. The lowest BCUT2D eigenvalue weighted by molar-refractivity contribution is 0.191. The highest BCUT2D eigenvalue weighted by Gasteiger charge is 2.20. The highest BCUT2D eigenvalue weighted by molar-refractivity contribution is 9.10. The first-order valence-electron chi connectivity index (χ1n) is 6.92. The molecule has 1 aromatic heterocycles. The zero-order valence-corrected chi connectivity index (χ0v) is 12.9. The van der Waals surface area contributed by atoms with Crippen molar-refractivity contribution in [1.82, 2.24) is 15.2 Å². The number of nitrogens with zero attached hydrogens (tertiary/aromatic N) is 2. The summed E-state index contributed by atoms with van der Waals surface area (Å²) in [7, 11) is 0. The van der Waals surface area contributed by atoms with E-state index in [2.05, 4.69) is 73.6 Å². The monoisotopic (exact) mass is 331 g/mol. The van der Waals surface area contributed by atoms with Crippen LogP contribution in [-0.4, -0.2) is 29.5 Å². The van der Waals surface area contributed by atoms with Crippen LogP contribution in [0.1, 0.15) is 17.3 Å². The summed E-state index contributed by atoms with van der Waals surface area (Å²) in [5, 5.41) is 3.59. The summed E-state index contributed by atoms with van der Waals surface area (Å²) in [5.74, 6) is 0. The third-order valence-corrected chi connectivity index (χ3v) is 4.10. The minimum atomic E-state index is 0.417. The molecule has 0 spiro atoms. The van der Waals surface area contributed by atoms with Crippen LogP contribution in [0.15, 0.2) is 53.1 Å². The predicted octanol–water partition coefficient (Wildman–Crippen LogP) is 2.99. The molecule has 1 unspecified atom stereocenters. The summed E-state index contributed by atoms with van der Waals surface area (Å²) in [6, 6.07) is 15.2. The van der Waals surface area contributed by atoms with Crippen LogP contribution in [0.4, 0.5) is 0 Å². The van der Waals surface area contributed by atoms with E-state index in [4.69, 9.17) is 0 Å². The summed E-state index contributed by atoms with van der Waals surface area (Å²) in [5.41, 5.74) is 2.49. The fraction of sp³-hybridized carbons (Fsp3) is 0.312. The van der Waals surface area contributed by atoms with E-state index in [9.17, 15) is 0 Å². The Bertz CT molecular complexity index is 541. The quantitative estimate of drug-likeness (QED) is 0.937. The average Bonchev–Trinajstić information content (AvgIpc) is 2.51. The van der Waals surface area contributed by atoms with Crippen molar-refractivity contribution in [3.8, 4) is 0 Å². The number of rotatable bonds is 3. The second-order valence-electron chi connectivity index (χ2n) is 5.12. The Morgan fingerprint density at radius 3 is 2.80 bits per heavy atom. The highest BCUT2D eigenvalue weighted by atomic mass is 79.9. The standard InChI is InChI=1S/C16H18BrN3/c17-14-6-7-15(19-10-14)11-20-9-8-18-16(12-20)13-4-2-1-3-5-13/h1-7,10,16,18H,8-9,11-12H2. The van der Waals surface area contributed by atoms with Gasteiger partial charge in [0.1, 0.15) is 0 Å². The second-order valence-corrected chi connectivity index (χ2v) is 6.04. The first-order chi connectivity index (χ1) is 9.81. The number of hydrogen-bond acceptors (Lipinski definition) is 3. The summed E-state index contributed by atoms with van der Waals surface area (Å²) in [6.45, 7) is 4.04. The number of pyridine rings is 1. The van der Waals surface area contributed by atoms with Crippen molar-refractivity contribution < 1.29 is 0 Å². The van der Waals surface area contributed by atoms with Gasteiger partial charge >= 0.3 is 0 Å². The number of benzene rings is 1. The Balaban J connectivity index is 1.65.